The van der Waals surface area contributed by atoms with Gasteiger partial charge in [-0.3, -0.25) is 4.79 Å². The van der Waals surface area contributed by atoms with E-state index >= 15 is 0 Å². The third kappa shape index (κ3) is 3.48. The molecule has 7 heteroatoms. The molecular formula is C14H19N3O4. The van der Waals surface area contributed by atoms with E-state index in [2.05, 4.69) is 16.8 Å². The molecule has 0 aliphatic carbocycles. The van der Waals surface area contributed by atoms with Gasteiger partial charge in [-0.25, -0.2) is 0 Å². The van der Waals surface area contributed by atoms with Gasteiger partial charge in [0.2, 0.25) is 0 Å². The SMILES string of the molecule is CCOC(=O)C1CCC(C)N(c2ccc([N+](=O)[O-])nc2)C1. The number of hydrogen-bond acceptors (Lipinski definition) is 6. The Morgan fingerprint density at radius 2 is 2.29 bits per heavy atom. The Bertz CT molecular complexity index is 517. The number of ether oxygens (including phenoxy) is 1. The molecule has 2 rings (SSSR count). The number of aromatic nitrogens is 1. The number of carbonyl (C=O) groups excluding carboxylic acids is 1. The van der Waals surface area contributed by atoms with Crippen LogP contribution in [0.5, 0.6) is 0 Å². The van der Waals surface area contributed by atoms with Crippen molar-refractivity contribution < 1.29 is 14.5 Å². The third-order valence-corrected chi connectivity index (χ3v) is 3.75. The van der Waals surface area contributed by atoms with Crippen molar-refractivity contribution in [1.29, 1.82) is 0 Å². The lowest BCUT2D eigenvalue weighted by Crippen LogP contribution is -2.44. The van der Waals surface area contributed by atoms with Crippen LogP contribution in [-0.2, 0) is 9.53 Å². The zero-order chi connectivity index (χ0) is 15.4. The molecular weight excluding hydrogens is 274 g/mol. The first-order valence-corrected chi connectivity index (χ1v) is 7.06. The van der Waals surface area contributed by atoms with Crippen molar-refractivity contribution >= 4 is 17.5 Å². The van der Waals surface area contributed by atoms with Gasteiger partial charge in [0.1, 0.15) is 0 Å². The molecule has 7 nitrogen and oxygen atoms in total. The smallest absolute Gasteiger partial charge is 0.363 e. The summed E-state index contributed by atoms with van der Waals surface area (Å²) < 4.78 is 5.08. The average molecular weight is 293 g/mol. The summed E-state index contributed by atoms with van der Waals surface area (Å²) in [6.45, 7) is 4.80. The summed E-state index contributed by atoms with van der Waals surface area (Å²) in [5.74, 6) is -0.508. The van der Waals surface area contributed by atoms with E-state index in [0.717, 1.165) is 18.5 Å². The number of anilines is 1. The molecule has 1 fully saturated rings. The quantitative estimate of drug-likeness (QED) is 0.480. The van der Waals surface area contributed by atoms with E-state index in [9.17, 15) is 14.9 Å². The van der Waals surface area contributed by atoms with Crippen LogP contribution in [0.25, 0.3) is 0 Å². The first-order chi connectivity index (χ1) is 10.0. The zero-order valence-corrected chi connectivity index (χ0v) is 12.2. The van der Waals surface area contributed by atoms with E-state index in [1.54, 1.807) is 13.0 Å². The molecule has 2 heterocycles. The van der Waals surface area contributed by atoms with Crippen LogP contribution in [0.3, 0.4) is 0 Å². The second-order valence-electron chi connectivity index (χ2n) is 5.16. The summed E-state index contributed by atoms with van der Waals surface area (Å²) in [5, 5.41) is 10.6. The maximum atomic E-state index is 11.9. The number of esters is 1. The van der Waals surface area contributed by atoms with E-state index < -0.39 is 4.92 Å². The lowest BCUT2D eigenvalue weighted by atomic mass is 9.93. The van der Waals surface area contributed by atoms with Crippen molar-refractivity contribution in [3.8, 4) is 0 Å². The minimum Gasteiger partial charge on any atom is -0.466 e. The number of rotatable bonds is 4. The number of nitro groups is 1. The Balaban J connectivity index is 2.12. The predicted octanol–water partition coefficient (Wildman–Crippen LogP) is 2.16. The van der Waals surface area contributed by atoms with Crippen LogP contribution in [0.2, 0.25) is 0 Å². The van der Waals surface area contributed by atoms with Crippen LogP contribution in [0, 0.1) is 16.0 Å². The normalized spacial score (nSPS) is 21.9. The molecule has 114 valence electrons. The molecule has 0 N–H and O–H groups in total. The maximum absolute atomic E-state index is 11.9. The van der Waals surface area contributed by atoms with Crippen LogP contribution >= 0.6 is 0 Å². The van der Waals surface area contributed by atoms with E-state index in [-0.39, 0.29) is 23.7 Å². The molecule has 1 saturated heterocycles. The molecule has 1 aromatic heterocycles. The van der Waals surface area contributed by atoms with Crippen LogP contribution < -0.4 is 4.90 Å². The van der Waals surface area contributed by atoms with Crippen molar-refractivity contribution in [3.05, 3.63) is 28.4 Å². The van der Waals surface area contributed by atoms with Crippen molar-refractivity contribution in [2.24, 2.45) is 5.92 Å². The molecule has 2 unspecified atom stereocenters. The third-order valence-electron chi connectivity index (χ3n) is 3.75. The van der Waals surface area contributed by atoms with Gasteiger partial charge in [-0.15, -0.1) is 0 Å². The highest BCUT2D eigenvalue weighted by Gasteiger charge is 2.31. The van der Waals surface area contributed by atoms with Gasteiger partial charge in [0.05, 0.1) is 18.2 Å². The van der Waals surface area contributed by atoms with Crippen LogP contribution in [-0.4, -0.2) is 35.1 Å². The molecule has 1 aliphatic rings. The van der Waals surface area contributed by atoms with Crippen molar-refractivity contribution in [2.45, 2.75) is 32.7 Å². The molecule has 0 radical (unpaired) electrons. The maximum Gasteiger partial charge on any atom is 0.363 e. The fourth-order valence-electron chi connectivity index (χ4n) is 2.58. The predicted molar refractivity (Wildman–Crippen MR) is 77.1 cm³/mol. The first-order valence-electron chi connectivity index (χ1n) is 7.06. The highest BCUT2D eigenvalue weighted by molar-refractivity contribution is 5.73. The van der Waals surface area contributed by atoms with Crippen molar-refractivity contribution in [2.75, 3.05) is 18.1 Å². The Hall–Kier alpha value is -2.18. The molecule has 1 aromatic rings. The minimum atomic E-state index is -0.523. The molecule has 0 aromatic carbocycles. The number of carbonyl (C=O) groups is 1. The van der Waals surface area contributed by atoms with Gasteiger partial charge in [-0.1, -0.05) is 0 Å². The van der Waals surface area contributed by atoms with E-state index in [1.807, 2.05) is 0 Å². The van der Waals surface area contributed by atoms with E-state index in [0.29, 0.717) is 13.2 Å². The number of pyridine rings is 1. The summed E-state index contributed by atoms with van der Waals surface area (Å²) in [6, 6.07) is 3.32. The minimum absolute atomic E-state index is 0.156. The fraction of sp³-hybridized carbons (Fsp3) is 0.571. The summed E-state index contributed by atoms with van der Waals surface area (Å²) in [6.07, 6.45) is 3.17. The zero-order valence-electron chi connectivity index (χ0n) is 12.2. The number of piperidine rings is 1. The molecule has 2 atom stereocenters. The van der Waals surface area contributed by atoms with Crippen LogP contribution in [0.4, 0.5) is 11.5 Å². The van der Waals surface area contributed by atoms with Gasteiger partial charge in [0.25, 0.3) is 0 Å². The Labute approximate surface area is 123 Å². The summed E-state index contributed by atoms with van der Waals surface area (Å²) in [5.41, 5.74) is 0.794. The second-order valence-corrected chi connectivity index (χ2v) is 5.16. The van der Waals surface area contributed by atoms with Gasteiger partial charge < -0.3 is 19.8 Å². The van der Waals surface area contributed by atoms with E-state index in [1.165, 1.54) is 12.3 Å². The standard InChI is InChI=1S/C14H19N3O4/c1-3-21-14(18)11-5-4-10(2)16(9-11)12-6-7-13(15-8-12)17(19)20/h6-8,10-11H,3-5,9H2,1-2H3. The number of hydrogen-bond donors (Lipinski definition) is 0. The molecule has 1 aliphatic heterocycles. The monoisotopic (exact) mass is 293 g/mol. The molecule has 0 saturated carbocycles. The Morgan fingerprint density at radius 1 is 1.52 bits per heavy atom. The average Bonchev–Trinajstić information content (AvgIpc) is 2.48. The largest absolute Gasteiger partial charge is 0.466 e. The Morgan fingerprint density at radius 3 is 2.86 bits per heavy atom. The summed E-state index contributed by atoms with van der Waals surface area (Å²) >= 11 is 0. The Kier molecular flexibility index (Phi) is 4.72. The second kappa shape index (κ2) is 6.51. The number of nitrogens with zero attached hydrogens (tertiary/aromatic N) is 3. The highest BCUT2D eigenvalue weighted by atomic mass is 16.6. The summed E-state index contributed by atoms with van der Waals surface area (Å²) in [4.78, 5) is 27.9. The van der Waals surface area contributed by atoms with Crippen molar-refractivity contribution in [3.63, 3.8) is 0 Å². The summed E-state index contributed by atoms with van der Waals surface area (Å²) in [7, 11) is 0. The van der Waals surface area contributed by atoms with Gasteiger partial charge in [0, 0.05) is 18.7 Å². The van der Waals surface area contributed by atoms with Crippen LogP contribution in [0.1, 0.15) is 26.7 Å². The van der Waals surface area contributed by atoms with Gasteiger partial charge in [-0.05, 0) is 42.7 Å². The van der Waals surface area contributed by atoms with Gasteiger partial charge in [-0.2, -0.15) is 0 Å². The topological polar surface area (TPSA) is 85.6 Å². The highest BCUT2D eigenvalue weighted by Crippen LogP contribution is 2.28. The fourth-order valence-corrected chi connectivity index (χ4v) is 2.58. The molecule has 0 bridgehead atoms. The molecule has 0 spiro atoms. The van der Waals surface area contributed by atoms with Gasteiger partial charge >= 0.3 is 11.8 Å². The van der Waals surface area contributed by atoms with Gasteiger partial charge in [0.15, 0.2) is 6.20 Å². The van der Waals surface area contributed by atoms with E-state index in [4.69, 9.17) is 4.74 Å². The molecule has 0 amide bonds. The lowest BCUT2D eigenvalue weighted by molar-refractivity contribution is -0.389. The first kappa shape index (κ1) is 15.2. The van der Waals surface area contributed by atoms with Crippen LogP contribution in [0.15, 0.2) is 18.3 Å². The molecule has 21 heavy (non-hydrogen) atoms. The van der Waals surface area contributed by atoms with Crippen molar-refractivity contribution in [1.82, 2.24) is 4.98 Å². The lowest BCUT2D eigenvalue weighted by Gasteiger charge is -2.38.